The second kappa shape index (κ2) is 6.78. The van der Waals surface area contributed by atoms with Crippen LogP contribution >= 0.6 is 0 Å². The number of hydrogen-bond donors (Lipinski definition) is 0. The Morgan fingerprint density at radius 3 is 2.28 bits per heavy atom. The predicted octanol–water partition coefficient (Wildman–Crippen LogP) is 5.32. The molecule has 0 unspecified atom stereocenters. The van der Waals surface area contributed by atoms with Gasteiger partial charge in [0.25, 0.3) is 0 Å². The number of benzene rings is 1. The highest BCUT2D eigenvalue weighted by Crippen LogP contribution is 2.30. The Hall–Kier alpha value is -1.04. The Balaban J connectivity index is 1.80. The van der Waals surface area contributed by atoms with Crippen molar-refractivity contribution < 1.29 is 0 Å². The smallest absolute Gasteiger partial charge is 0.0206 e. The Kier molecular flexibility index (Phi) is 5.04. The van der Waals surface area contributed by atoms with Crippen LogP contribution in [0.25, 0.3) is 0 Å². The molecule has 0 radical (unpaired) electrons. The molecule has 0 N–H and O–H groups in total. The average Bonchev–Trinajstić information content (AvgIpc) is 2.46. The van der Waals surface area contributed by atoms with Crippen LogP contribution in [-0.4, -0.2) is 0 Å². The summed E-state index contributed by atoms with van der Waals surface area (Å²) < 4.78 is 0. The van der Waals surface area contributed by atoms with E-state index in [9.17, 15) is 0 Å². The summed E-state index contributed by atoms with van der Waals surface area (Å²) in [4.78, 5) is 0. The number of hydrogen-bond acceptors (Lipinski definition) is 0. The normalized spacial score (nSPS) is 16.7. The molecule has 0 heteroatoms. The molecule has 0 nitrogen and oxygen atoms in total. The van der Waals surface area contributed by atoms with E-state index in [0.717, 1.165) is 12.3 Å². The van der Waals surface area contributed by atoms with Crippen molar-refractivity contribution in [2.45, 2.75) is 58.3 Å². The highest BCUT2D eigenvalue weighted by molar-refractivity contribution is 5.23. The molecule has 0 spiro atoms. The van der Waals surface area contributed by atoms with Crippen molar-refractivity contribution in [1.82, 2.24) is 0 Å². The third kappa shape index (κ3) is 3.73. The first kappa shape index (κ1) is 13.4. The Labute approximate surface area is 112 Å². The van der Waals surface area contributed by atoms with Gasteiger partial charge >= 0.3 is 0 Å². The molecule has 1 saturated carbocycles. The zero-order valence-corrected chi connectivity index (χ0v) is 11.8. The topological polar surface area (TPSA) is 0 Å². The fraction of sp³-hybridized carbons (Fsp3) is 0.556. The molecule has 2 rings (SSSR count). The van der Waals surface area contributed by atoms with Gasteiger partial charge in [0.1, 0.15) is 0 Å². The van der Waals surface area contributed by atoms with Gasteiger partial charge in [0.05, 0.1) is 0 Å². The molecule has 98 valence electrons. The summed E-state index contributed by atoms with van der Waals surface area (Å²) in [6.07, 6.45) is 10.5. The summed E-state index contributed by atoms with van der Waals surface area (Å²) in [5.41, 5.74) is 4.39. The lowest BCUT2D eigenvalue weighted by Gasteiger charge is -2.23. The second-order valence-corrected chi connectivity index (χ2v) is 5.66. The molecule has 0 aliphatic heterocycles. The van der Waals surface area contributed by atoms with Gasteiger partial charge in [-0.05, 0) is 49.1 Å². The van der Waals surface area contributed by atoms with Crippen molar-refractivity contribution in [2.24, 2.45) is 5.92 Å². The molecule has 0 heterocycles. The lowest BCUT2D eigenvalue weighted by atomic mass is 9.82. The number of aryl methyl sites for hydroxylation is 2. The van der Waals surface area contributed by atoms with Gasteiger partial charge in [-0.2, -0.15) is 0 Å². The van der Waals surface area contributed by atoms with Gasteiger partial charge in [0.2, 0.25) is 0 Å². The van der Waals surface area contributed by atoms with E-state index >= 15 is 0 Å². The van der Waals surface area contributed by atoms with E-state index < -0.39 is 0 Å². The van der Waals surface area contributed by atoms with Gasteiger partial charge in [-0.1, -0.05) is 62.6 Å². The molecule has 1 aliphatic carbocycles. The van der Waals surface area contributed by atoms with Crippen molar-refractivity contribution in [3.8, 4) is 0 Å². The lowest BCUT2D eigenvalue weighted by Crippen LogP contribution is -2.09. The van der Waals surface area contributed by atoms with Gasteiger partial charge in [-0.3, -0.25) is 0 Å². The third-order valence-electron chi connectivity index (χ3n) is 4.35. The standard InChI is InChI=1S/C18H26/c1-3-16-11-13-17(14-12-16)10-9-15(2)18-7-5-4-6-8-18/h11-14,18H,2-10H2,1H3. The zero-order valence-electron chi connectivity index (χ0n) is 11.8. The summed E-state index contributed by atoms with van der Waals surface area (Å²) in [7, 11) is 0. The first-order valence-electron chi connectivity index (χ1n) is 7.55. The molecule has 1 aliphatic rings. The van der Waals surface area contributed by atoms with Gasteiger partial charge in [-0.25, -0.2) is 0 Å². The maximum absolute atomic E-state index is 4.33. The van der Waals surface area contributed by atoms with Crippen LogP contribution in [0.1, 0.15) is 56.6 Å². The highest BCUT2D eigenvalue weighted by atomic mass is 14.2. The van der Waals surface area contributed by atoms with Crippen molar-refractivity contribution in [1.29, 1.82) is 0 Å². The van der Waals surface area contributed by atoms with Crippen LogP contribution in [0.5, 0.6) is 0 Å². The third-order valence-corrected chi connectivity index (χ3v) is 4.35. The summed E-state index contributed by atoms with van der Waals surface area (Å²) in [5.74, 6) is 0.814. The molecule has 1 fully saturated rings. The largest absolute Gasteiger partial charge is 0.0996 e. The fourth-order valence-corrected chi connectivity index (χ4v) is 2.96. The van der Waals surface area contributed by atoms with E-state index in [1.807, 2.05) is 0 Å². The summed E-state index contributed by atoms with van der Waals surface area (Å²) in [6, 6.07) is 9.09. The molecule has 0 saturated heterocycles. The molecule has 1 aromatic rings. The van der Waals surface area contributed by atoms with Gasteiger partial charge in [0.15, 0.2) is 0 Å². The highest BCUT2D eigenvalue weighted by Gasteiger charge is 2.15. The minimum atomic E-state index is 0.814. The van der Waals surface area contributed by atoms with Crippen LogP contribution in [0.3, 0.4) is 0 Å². The fourth-order valence-electron chi connectivity index (χ4n) is 2.96. The van der Waals surface area contributed by atoms with E-state index in [1.165, 1.54) is 61.6 Å². The molecule has 0 amide bonds. The SMILES string of the molecule is C=C(CCc1ccc(CC)cc1)C1CCCCC1. The van der Waals surface area contributed by atoms with Crippen molar-refractivity contribution in [2.75, 3.05) is 0 Å². The van der Waals surface area contributed by atoms with Crippen LogP contribution in [0.4, 0.5) is 0 Å². The van der Waals surface area contributed by atoms with Crippen molar-refractivity contribution >= 4 is 0 Å². The zero-order chi connectivity index (χ0) is 12.8. The number of rotatable bonds is 5. The van der Waals surface area contributed by atoms with E-state index in [4.69, 9.17) is 0 Å². The van der Waals surface area contributed by atoms with Gasteiger partial charge in [0, 0.05) is 0 Å². The number of allylic oxidation sites excluding steroid dienone is 1. The second-order valence-electron chi connectivity index (χ2n) is 5.66. The maximum atomic E-state index is 4.33. The minimum absolute atomic E-state index is 0.814. The van der Waals surface area contributed by atoms with E-state index in [1.54, 1.807) is 0 Å². The predicted molar refractivity (Wildman–Crippen MR) is 79.9 cm³/mol. The van der Waals surface area contributed by atoms with Gasteiger partial charge < -0.3 is 0 Å². The molecular formula is C18H26. The van der Waals surface area contributed by atoms with E-state index in [2.05, 4.69) is 37.8 Å². The van der Waals surface area contributed by atoms with Crippen LogP contribution in [0.15, 0.2) is 36.4 Å². The maximum Gasteiger partial charge on any atom is -0.0206 e. The summed E-state index contributed by atoms with van der Waals surface area (Å²) >= 11 is 0. The van der Waals surface area contributed by atoms with Crippen molar-refractivity contribution in [3.05, 3.63) is 47.5 Å². The summed E-state index contributed by atoms with van der Waals surface area (Å²) in [6.45, 7) is 6.54. The molecule has 18 heavy (non-hydrogen) atoms. The molecule has 0 bridgehead atoms. The van der Waals surface area contributed by atoms with Crippen molar-refractivity contribution in [3.63, 3.8) is 0 Å². The molecule has 1 aromatic carbocycles. The Morgan fingerprint density at radius 1 is 1.06 bits per heavy atom. The quantitative estimate of drug-likeness (QED) is 0.613. The first-order chi connectivity index (χ1) is 8.79. The average molecular weight is 242 g/mol. The van der Waals surface area contributed by atoms with Crippen LogP contribution in [-0.2, 0) is 12.8 Å². The Morgan fingerprint density at radius 2 is 1.67 bits per heavy atom. The van der Waals surface area contributed by atoms with E-state index in [0.29, 0.717) is 0 Å². The minimum Gasteiger partial charge on any atom is -0.0996 e. The van der Waals surface area contributed by atoms with E-state index in [-0.39, 0.29) is 0 Å². The first-order valence-corrected chi connectivity index (χ1v) is 7.55. The summed E-state index contributed by atoms with van der Waals surface area (Å²) in [5, 5.41) is 0. The molecule has 0 atom stereocenters. The van der Waals surface area contributed by atoms with Crippen LogP contribution in [0, 0.1) is 5.92 Å². The lowest BCUT2D eigenvalue weighted by molar-refractivity contribution is 0.396. The molecule has 0 aromatic heterocycles. The van der Waals surface area contributed by atoms with Gasteiger partial charge in [-0.15, -0.1) is 0 Å². The van der Waals surface area contributed by atoms with Crippen LogP contribution in [0.2, 0.25) is 0 Å². The monoisotopic (exact) mass is 242 g/mol. The van der Waals surface area contributed by atoms with Crippen LogP contribution < -0.4 is 0 Å². The molecular weight excluding hydrogens is 216 g/mol. The Bertz CT molecular complexity index is 366.